The highest BCUT2D eigenvalue weighted by Gasteiger charge is 2.06. The molecule has 0 saturated carbocycles. The fourth-order valence-electron chi connectivity index (χ4n) is 1.83. The summed E-state index contributed by atoms with van der Waals surface area (Å²) < 4.78 is 4.97. The van der Waals surface area contributed by atoms with Crippen molar-refractivity contribution in [2.75, 3.05) is 20.3 Å². The van der Waals surface area contributed by atoms with Crippen molar-refractivity contribution in [2.24, 2.45) is 0 Å². The lowest BCUT2D eigenvalue weighted by Crippen LogP contribution is -2.18. The number of imidazole rings is 1. The van der Waals surface area contributed by atoms with Gasteiger partial charge in [0, 0.05) is 48.6 Å². The molecule has 1 aromatic heterocycles. The van der Waals surface area contributed by atoms with Crippen LogP contribution in [0.4, 0.5) is 0 Å². The minimum atomic E-state index is 0.640. The fourth-order valence-corrected chi connectivity index (χ4v) is 2.30. The Morgan fingerprint density at radius 2 is 2.20 bits per heavy atom. The van der Waals surface area contributed by atoms with Gasteiger partial charge in [0.15, 0.2) is 0 Å². The summed E-state index contributed by atoms with van der Waals surface area (Å²) in [6, 6.07) is 5.50. The molecule has 108 valence electrons. The van der Waals surface area contributed by atoms with Crippen molar-refractivity contribution in [3.8, 4) is 0 Å². The molecule has 0 spiro atoms. The van der Waals surface area contributed by atoms with Gasteiger partial charge < -0.3 is 15.0 Å². The van der Waals surface area contributed by atoms with Crippen molar-refractivity contribution >= 4 is 23.2 Å². The van der Waals surface area contributed by atoms with Crippen molar-refractivity contribution in [3.63, 3.8) is 0 Å². The molecule has 6 heteroatoms. The maximum atomic E-state index is 6.15. The zero-order valence-electron chi connectivity index (χ0n) is 11.2. The zero-order chi connectivity index (χ0) is 14.4. The lowest BCUT2D eigenvalue weighted by Gasteiger charge is -2.03. The number of nitrogens with one attached hydrogen (secondary N) is 2. The third kappa shape index (κ3) is 4.49. The number of nitrogens with zero attached hydrogens (tertiary/aromatic N) is 1. The molecule has 20 heavy (non-hydrogen) atoms. The molecule has 1 heterocycles. The lowest BCUT2D eigenvalue weighted by molar-refractivity contribution is 0.199. The van der Waals surface area contributed by atoms with Crippen molar-refractivity contribution in [3.05, 3.63) is 51.5 Å². The first-order valence-corrected chi connectivity index (χ1v) is 7.11. The summed E-state index contributed by atoms with van der Waals surface area (Å²) in [7, 11) is 1.69. The first kappa shape index (κ1) is 15.3. The second kappa shape index (κ2) is 7.64. The molecule has 2 N–H and O–H groups in total. The Morgan fingerprint density at radius 1 is 1.35 bits per heavy atom. The van der Waals surface area contributed by atoms with E-state index in [0.717, 1.165) is 30.2 Å². The summed E-state index contributed by atoms with van der Waals surface area (Å²) in [6.45, 7) is 2.25. The van der Waals surface area contributed by atoms with Gasteiger partial charge in [0.1, 0.15) is 5.82 Å². The van der Waals surface area contributed by atoms with E-state index in [-0.39, 0.29) is 0 Å². The van der Waals surface area contributed by atoms with Crippen molar-refractivity contribution in [2.45, 2.75) is 13.0 Å². The molecular weight excluding hydrogens is 297 g/mol. The van der Waals surface area contributed by atoms with E-state index in [1.807, 2.05) is 18.3 Å². The average molecular weight is 314 g/mol. The third-order valence-corrected chi connectivity index (χ3v) is 3.44. The molecular formula is C14H17Cl2N3O. The van der Waals surface area contributed by atoms with Gasteiger partial charge in [0.2, 0.25) is 0 Å². The summed E-state index contributed by atoms with van der Waals surface area (Å²) >= 11 is 12.0. The number of rotatable bonds is 7. The first-order valence-electron chi connectivity index (χ1n) is 6.35. The number of ether oxygens (including phenoxy) is 1. The number of benzene rings is 1. The van der Waals surface area contributed by atoms with E-state index < -0.39 is 0 Å². The van der Waals surface area contributed by atoms with Crippen LogP contribution in [0.1, 0.15) is 17.1 Å². The van der Waals surface area contributed by atoms with E-state index in [9.17, 15) is 0 Å². The van der Waals surface area contributed by atoms with Gasteiger partial charge in [-0.3, -0.25) is 0 Å². The molecule has 0 fully saturated rings. The minimum Gasteiger partial charge on any atom is -0.383 e. The van der Waals surface area contributed by atoms with Crippen LogP contribution >= 0.6 is 23.2 Å². The molecule has 0 unspecified atom stereocenters. The number of methoxy groups -OCH3 is 1. The van der Waals surface area contributed by atoms with Crippen molar-refractivity contribution in [1.82, 2.24) is 15.3 Å². The van der Waals surface area contributed by atoms with E-state index in [0.29, 0.717) is 23.1 Å². The Balaban J connectivity index is 1.92. The molecule has 0 bridgehead atoms. The summed E-state index contributed by atoms with van der Waals surface area (Å²) in [5.41, 5.74) is 2.05. The Kier molecular flexibility index (Phi) is 5.86. The lowest BCUT2D eigenvalue weighted by atomic mass is 10.1. The van der Waals surface area contributed by atoms with Crippen LogP contribution in [0.25, 0.3) is 0 Å². The molecule has 0 aliphatic carbocycles. The molecule has 4 nitrogen and oxygen atoms in total. The van der Waals surface area contributed by atoms with Crippen molar-refractivity contribution in [1.29, 1.82) is 0 Å². The SMILES string of the molecule is COCCNCc1cnc(Cc2ccc(Cl)cc2Cl)[nH]1. The quantitative estimate of drug-likeness (QED) is 0.772. The Labute approximate surface area is 128 Å². The highest BCUT2D eigenvalue weighted by Crippen LogP contribution is 2.22. The molecule has 0 aliphatic heterocycles. The summed E-state index contributed by atoms with van der Waals surface area (Å²) in [5, 5.41) is 4.56. The van der Waals surface area contributed by atoms with E-state index in [1.54, 1.807) is 13.2 Å². The van der Waals surface area contributed by atoms with Gasteiger partial charge in [-0.25, -0.2) is 4.98 Å². The zero-order valence-corrected chi connectivity index (χ0v) is 12.8. The predicted molar refractivity (Wildman–Crippen MR) is 81.4 cm³/mol. The van der Waals surface area contributed by atoms with E-state index in [1.165, 1.54) is 0 Å². The normalized spacial score (nSPS) is 10.9. The highest BCUT2D eigenvalue weighted by molar-refractivity contribution is 6.35. The van der Waals surface area contributed by atoms with Crippen LogP contribution in [-0.2, 0) is 17.7 Å². The number of hydrogen-bond donors (Lipinski definition) is 2. The molecule has 0 saturated heterocycles. The topological polar surface area (TPSA) is 49.9 Å². The second-order valence-corrected chi connectivity index (χ2v) is 5.28. The van der Waals surface area contributed by atoms with Gasteiger partial charge in [-0.1, -0.05) is 29.3 Å². The molecule has 0 atom stereocenters. The van der Waals surface area contributed by atoms with Crippen LogP contribution in [0.5, 0.6) is 0 Å². The maximum Gasteiger partial charge on any atom is 0.110 e. The minimum absolute atomic E-state index is 0.640. The predicted octanol–water partition coefficient (Wildman–Crippen LogP) is 3.04. The van der Waals surface area contributed by atoms with Crippen LogP contribution < -0.4 is 5.32 Å². The summed E-state index contributed by atoms with van der Waals surface area (Å²) in [5.74, 6) is 0.887. The molecule has 0 radical (unpaired) electrons. The smallest absolute Gasteiger partial charge is 0.110 e. The standard InChI is InChI=1S/C14H17Cl2N3O/c1-20-5-4-17-8-12-9-18-14(19-12)6-10-2-3-11(15)7-13(10)16/h2-3,7,9,17H,4-6,8H2,1H3,(H,18,19). The fraction of sp³-hybridized carbons (Fsp3) is 0.357. The van der Waals surface area contributed by atoms with E-state index >= 15 is 0 Å². The second-order valence-electron chi connectivity index (χ2n) is 4.44. The Hall–Kier alpha value is -1.07. The number of H-pyrrole nitrogens is 1. The van der Waals surface area contributed by atoms with Crippen LogP contribution in [0.2, 0.25) is 10.0 Å². The van der Waals surface area contributed by atoms with E-state index in [2.05, 4.69) is 15.3 Å². The van der Waals surface area contributed by atoms with Gasteiger partial charge >= 0.3 is 0 Å². The first-order chi connectivity index (χ1) is 9.69. The number of aromatic nitrogens is 2. The highest BCUT2D eigenvalue weighted by atomic mass is 35.5. The van der Waals surface area contributed by atoms with Gasteiger partial charge in [-0.2, -0.15) is 0 Å². The van der Waals surface area contributed by atoms with Crippen LogP contribution in [0, 0.1) is 0 Å². The monoisotopic (exact) mass is 313 g/mol. The molecule has 2 aromatic rings. The van der Waals surface area contributed by atoms with E-state index in [4.69, 9.17) is 27.9 Å². The summed E-state index contributed by atoms with van der Waals surface area (Å²) in [6.07, 6.45) is 2.49. The number of halogens is 2. The van der Waals surface area contributed by atoms with Gasteiger partial charge in [0.25, 0.3) is 0 Å². The van der Waals surface area contributed by atoms with Gasteiger partial charge in [0.05, 0.1) is 6.61 Å². The Morgan fingerprint density at radius 3 is 2.95 bits per heavy atom. The maximum absolute atomic E-state index is 6.15. The van der Waals surface area contributed by atoms with Crippen LogP contribution in [0.15, 0.2) is 24.4 Å². The number of aromatic amines is 1. The molecule has 0 aliphatic rings. The Bertz CT molecular complexity index is 557. The average Bonchev–Trinajstić information content (AvgIpc) is 2.86. The summed E-state index contributed by atoms with van der Waals surface area (Å²) in [4.78, 5) is 7.63. The molecule has 1 aromatic carbocycles. The van der Waals surface area contributed by atoms with Crippen LogP contribution in [0.3, 0.4) is 0 Å². The number of hydrogen-bond acceptors (Lipinski definition) is 3. The van der Waals surface area contributed by atoms with Gasteiger partial charge in [-0.15, -0.1) is 0 Å². The molecule has 0 amide bonds. The molecule has 2 rings (SSSR count). The van der Waals surface area contributed by atoms with Crippen molar-refractivity contribution < 1.29 is 4.74 Å². The third-order valence-electron chi connectivity index (χ3n) is 2.85. The largest absolute Gasteiger partial charge is 0.383 e. The van der Waals surface area contributed by atoms with Crippen LogP contribution in [-0.4, -0.2) is 30.2 Å². The van der Waals surface area contributed by atoms with Gasteiger partial charge in [-0.05, 0) is 17.7 Å².